The van der Waals surface area contributed by atoms with E-state index >= 15 is 0 Å². The lowest BCUT2D eigenvalue weighted by Crippen LogP contribution is -1.91. The zero-order chi connectivity index (χ0) is 12.7. The molecule has 1 heterocycles. The Morgan fingerprint density at radius 3 is 2.89 bits per heavy atom. The molecule has 0 aliphatic heterocycles. The van der Waals surface area contributed by atoms with E-state index in [0.717, 1.165) is 30.4 Å². The highest BCUT2D eigenvalue weighted by Crippen LogP contribution is 2.37. The van der Waals surface area contributed by atoms with E-state index in [2.05, 4.69) is 5.16 Å². The summed E-state index contributed by atoms with van der Waals surface area (Å²) >= 11 is 0. The molecular weight excluding hydrogens is 234 g/mol. The predicted octanol–water partition coefficient (Wildman–Crippen LogP) is 2.23. The van der Waals surface area contributed by atoms with Crippen LogP contribution in [0.25, 0.3) is 11.3 Å². The number of aromatic carboxylic acids is 1. The van der Waals surface area contributed by atoms with E-state index < -0.39 is 5.97 Å². The number of carbonyl (C=O) groups is 1. The van der Waals surface area contributed by atoms with E-state index in [9.17, 15) is 9.90 Å². The van der Waals surface area contributed by atoms with Crippen molar-refractivity contribution in [2.45, 2.75) is 19.3 Å². The van der Waals surface area contributed by atoms with Crippen molar-refractivity contribution in [3.05, 3.63) is 35.1 Å². The molecule has 2 N–H and O–H groups in total. The number of carboxylic acid groups (broad SMARTS) is 1. The molecule has 92 valence electrons. The van der Waals surface area contributed by atoms with Gasteiger partial charge in [0.2, 0.25) is 5.76 Å². The van der Waals surface area contributed by atoms with Crippen LogP contribution in [0.2, 0.25) is 0 Å². The Balaban J connectivity index is 2.09. The predicted molar refractivity (Wildman–Crippen MR) is 62.6 cm³/mol. The van der Waals surface area contributed by atoms with Gasteiger partial charge in [0.25, 0.3) is 0 Å². The quantitative estimate of drug-likeness (QED) is 0.847. The molecule has 5 heteroatoms. The maximum atomic E-state index is 10.7. The molecule has 2 aromatic rings. The van der Waals surface area contributed by atoms with Gasteiger partial charge in [0.05, 0.1) is 0 Å². The standard InChI is InChI=1S/C13H11NO4/c15-12-8-3-1-2-7(8)4-5-9(12)10-6-11(13(16)17)18-14-10/h4-6,15H,1-3H2,(H,16,17). The number of aromatic hydroxyl groups is 1. The Morgan fingerprint density at radius 1 is 1.33 bits per heavy atom. The molecule has 0 spiro atoms. The number of rotatable bonds is 2. The number of benzene rings is 1. The normalized spacial score (nSPS) is 13.6. The first-order chi connectivity index (χ1) is 8.66. The Kier molecular flexibility index (Phi) is 2.33. The van der Waals surface area contributed by atoms with Crippen LogP contribution in [0.5, 0.6) is 5.75 Å². The summed E-state index contributed by atoms with van der Waals surface area (Å²) in [6, 6.07) is 5.02. The maximum Gasteiger partial charge on any atom is 0.374 e. The molecule has 0 unspecified atom stereocenters. The number of carboxylic acids is 1. The van der Waals surface area contributed by atoms with Crippen molar-refractivity contribution in [2.75, 3.05) is 0 Å². The van der Waals surface area contributed by atoms with E-state index in [1.807, 2.05) is 6.07 Å². The van der Waals surface area contributed by atoms with Crippen LogP contribution in [-0.4, -0.2) is 21.3 Å². The second kappa shape index (κ2) is 3.87. The molecule has 1 aromatic carbocycles. The minimum Gasteiger partial charge on any atom is -0.507 e. The summed E-state index contributed by atoms with van der Waals surface area (Å²) in [5.74, 6) is -1.21. The molecule has 0 amide bonds. The fourth-order valence-corrected chi connectivity index (χ4v) is 2.36. The van der Waals surface area contributed by atoms with Crippen molar-refractivity contribution >= 4 is 5.97 Å². The lowest BCUT2D eigenvalue weighted by molar-refractivity contribution is 0.0652. The minimum absolute atomic E-state index is 0.190. The third kappa shape index (κ3) is 1.55. The molecule has 0 fully saturated rings. The molecule has 0 radical (unpaired) electrons. The highest BCUT2D eigenvalue weighted by molar-refractivity contribution is 5.86. The number of aromatic nitrogens is 1. The monoisotopic (exact) mass is 245 g/mol. The second-order valence-electron chi connectivity index (χ2n) is 4.33. The topological polar surface area (TPSA) is 83.6 Å². The van der Waals surface area contributed by atoms with Crippen LogP contribution in [0.4, 0.5) is 0 Å². The zero-order valence-corrected chi connectivity index (χ0v) is 9.51. The Labute approximate surface area is 103 Å². The zero-order valence-electron chi connectivity index (χ0n) is 9.51. The van der Waals surface area contributed by atoms with Gasteiger partial charge < -0.3 is 14.7 Å². The van der Waals surface area contributed by atoms with E-state index in [1.54, 1.807) is 6.07 Å². The average molecular weight is 245 g/mol. The van der Waals surface area contributed by atoms with Gasteiger partial charge in [-0.05, 0) is 36.5 Å². The second-order valence-corrected chi connectivity index (χ2v) is 4.33. The third-order valence-electron chi connectivity index (χ3n) is 3.25. The molecule has 0 saturated carbocycles. The minimum atomic E-state index is -1.17. The molecule has 5 nitrogen and oxygen atoms in total. The molecule has 0 saturated heterocycles. The van der Waals surface area contributed by atoms with Crippen LogP contribution in [-0.2, 0) is 12.8 Å². The Morgan fingerprint density at radius 2 is 2.17 bits per heavy atom. The van der Waals surface area contributed by atoms with Crippen LogP contribution in [0, 0.1) is 0 Å². The van der Waals surface area contributed by atoms with Crippen molar-refractivity contribution in [3.8, 4) is 17.0 Å². The maximum absolute atomic E-state index is 10.7. The van der Waals surface area contributed by atoms with Gasteiger partial charge in [-0.25, -0.2) is 4.79 Å². The molecule has 1 aliphatic rings. The first-order valence-corrected chi connectivity index (χ1v) is 5.71. The van der Waals surface area contributed by atoms with E-state index in [0.29, 0.717) is 11.3 Å². The third-order valence-corrected chi connectivity index (χ3v) is 3.25. The largest absolute Gasteiger partial charge is 0.507 e. The summed E-state index contributed by atoms with van der Waals surface area (Å²) in [5, 5.41) is 22.6. The van der Waals surface area contributed by atoms with E-state index in [1.165, 1.54) is 6.07 Å². The summed E-state index contributed by atoms with van der Waals surface area (Å²) in [6.45, 7) is 0. The lowest BCUT2D eigenvalue weighted by atomic mass is 10.0. The fourth-order valence-electron chi connectivity index (χ4n) is 2.36. The summed E-state index contributed by atoms with van der Waals surface area (Å²) < 4.78 is 4.69. The van der Waals surface area contributed by atoms with Gasteiger partial charge in [0.15, 0.2) is 0 Å². The van der Waals surface area contributed by atoms with E-state index in [4.69, 9.17) is 9.63 Å². The number of hydrogen-bond donors (Lipinski definition) is 2. The summed E-state index contributed by atoms with van der Waals surface area (Å²) in [6.07, 6.45) is 2.85. The molecule has 18 heavy (non-hydrogen) atoms. The van der Waals surface area contributed by atoms with Crippen LogP contribution in [0.1, 0.15) is 28.1 Å². The number of hydrogen-bond acceptors (Lipinski definition) is 4. The van der Waals surface area contributed by atoms with Crippen molar-refractivity contribution in [3.63, 3.8) is 0 Å². The Hall–Kier alpha value is -2.30. The van der Waals surface area contributed by atoms with Gasteiger partial charge in [-0.2, -0.15) is 0 Å². The molecule has 1 aliphatic carbocycles. The molecular formula is C13H11NO4. The van der Waals surface area contributed by atoms with Crippen LogP contribution in [0.3, 0.4) is 0 Å². The SMILES string of the molecule is O=C(O)c1cc(-c2ccc3c(c2O)CCC3)no1. The molecule has 1 aromatic heterocycles. The highest BCUT2D eigenvalue weighted by Gasteiger charge is 2.20. The highest BCUT2D eigenvalue weighted by atomic mass is 16.5. The van der Waals surface area contributed by atoms with Gasteiger partial charge in [-0.15, -0.1) is 0 Å². The number of phenols is 1. The van der Waals surface area contributed by atoms with Crippen LogP contribution >= 0.6 is 0 Å². The van der Waals surface area contributed by atoms with Crippen molar-refractivity contribution in [1.29, 1.82) is 0 Å². The van der Waals surface area contributed by atoms with Gasteiger partial charge in [-0.3, -0.25) is 0 Å². The number of aryl methyl sites for hydroxylation is 1. The van der Waals surface area contributed by atoms with Gasteiger partial charge in [-0.1, -0.05) is 11.2 Å². The van der Waals surface area contributed by atoms with E-state index in [-0.39, 0.29) is 11.5 Å². The first-order valence-electron chi connectivity index (χ1n) is 5.71. The van der Waals surface area contributed by atoms with Gasteiger partial charge >= 0.3 is 5.97 Å². The smallest absolute Gasteiger partial charge is 0.374 e. The summed E-state index contributed by atoms with van der Waals surface area (Å²) in [7, 11) is 0. The molecule has 0 bridgehead atoms. The van der Waals surface area contributed by atoms with Gasteiger partial charge in [0.1, 0.15) is 11.4 Å². The summed E-state index contributed by atoms with van der Waals surface area (Å²) in [5.41, 5.74) is 2.96. The van der Waals surface area contributed by atoms with Crippen molar-refractivity contribution in [2.24, 2.45) is 0 Å². The molecule has 3 rings (SSSR count). The average Bonchev–Trinajstić information content (AvgIpc) is 2.97. The van der Waals surface area contributed by atoms with Gasteiger partial charge in [0, 0.05) is 11.6 Å². The summed E-state index contributed by atoms with van der Waals surface area (Å²) in [4.78, 5) is 10.7. The fraction of sp³-hybridized carbons (Fsp3) is 0.231. The van der Waals surface area contributed by atoms with Crippen molar-refractivity contribution in [1.82, 2.24) is 5.16 Å². The first kappa shape index (κ1) is 10.8. The van der Waals surface area contributed by atoms with Crippen molar-refractivity contribution < 1.29 is 19.5 Å². The van der Waals surface area contributed by atoms with Crippen LogP contribution < -0.4 is 0 Å². The number of nitrogens with zero attached hydrogens (tertiary/aromatic N) is 1. The number of phenolic OH excluding ortho intramolecular Hbond substituents is 1. The molecule has 0 atom stereocenters. The van der Waals surface area contributed by atoms with Crippen LogP contribution in [0.15, 0.2) is 22.7 Å². The Bertz CT molecular complexity index is 630. The number of fused-ring (bicyclic) bond motifs is 1. The lowest BCUT2D eigenvalue weighted by Gasteiger charge is -2.06.